The van der Waals surface area contributed by atoms with Crippen molar-refractivity contribution < 1.29 is 18.7 Å². The third-order valence-corrected chi connectivity index (χ3v) is 7.07. The van der Waals surface area contributed by atoms with Gasteiger partial charge in [-0.15, -0.1) is 0 Å². The van der Waals surface area contributed by atoms with Crippen LogP contribution in [-0.2, 0) is 11.3 Å². The molecule has 1 amide bonds. The molecule has 2 aliphatic rings. The zero-order chi connectivity index (χ0) is 23.2. The van der Waals surface area contributed by atoms with E-state index >= 15 is 0 Å². The largest absolute Gasteiger partial charge is 0.492 e. The molecule has 1 saturated heterocycles. The first-order valence-corrected chi connectivity index (χ1v) is 12.1. The molecule has 2 heterocycles. The normalized spacial score (nSPS) is 22.9. The van der Waals surface area contributed by atoms with Crippen LogP contribution in [0.5, 0.6) is 5.75 Å². The van der Waals surface area contributed by atoms with Gasteiger partial charge in [0, 0.05) is 49.8 Å². The minimum absolute atomic E-state index is 0.0578. The summed E-state index contributed by atoms with van der Waals surface area (Å²) in [4.78, 5) is 17.4. The van der Waals surface area contributed by atoms with Crippen LogP contribution in [0.25, 0.3) is 0 Å². The molecule has 2 aromatic carbocycles. The molecule has 178 valence electrons. The SMILES string of the molecule is CO[C@H]1CCN2C[C@H]1CCCCN(Cc1ccc(F)cc1Cl)CCOc1cccc(c1)C2=O. The van der Waals surface area contributed by atoms with Crippen molar-refractivity contribution in [1.29, 1.82) is 0 Å². The number of hydrogen-bond donors (Lipinski definition) is 0. The van der Waals surface area contributed by atoms with Gasteiger partial charge in [0.05, 0.1) is 6.10 Å². The molecule has 33 heavy (non-hydrogen) atoms. The summed E-state index contributed by atoms with van der Waals surface area (Å²) in [6.07, 6.45) is 4.14. The van der Waals surface area contributed by atoms with Crippen molar-refractivity contribution in [2.75, 3.05) is 39.9 Å². The summed E-state index contributed by atoms with van der Waals surface area (Å²) < 4.78 is 25.2. The minimum Gasteiger partial charge on any atom is -0.492 e. The summed E-state index contributed by atoms with van der Waals surface area (Å²) in [6, 6.07) is 12.0. The van der Waals surface area contributed by atoms with Gasteiger partial charge in [-0.1, -0.05) is 30.2 Å². The molecule has 7 heteroatoms. The van der Waals surface area contributed by atoms with Crippen molar-refractivity contribution in [3.63, 3.8) is 0 Å². The van der Waals surface area contributed by atoms with Gasteiger partial charge in [0.15, 0.2) is 0 Å². The maximum atomic E-state index is 13.5. The molecule has 0 N–H and O–H groups in total. The van der Waals surface area contributed by atoms with Crippen LogP contribution >= 0.6 is 11.6 Å². The fourth-order valence-corrected chi connectivity index (χ4v) is 5.11. The summed E-state index contributed by atoms with van der Waals surface area (Å²) in [6.45, 7) is 4.17. The molecular formula is C26H32ClFN2O3. The molecule has 0 saturated carbocycles. The third-order valence-electron chi connectivity index (χ3n) is 6.72. The lowest BCUT2D eigenvalue weighted by Crippen LogP contribution is -2.46. The van der Waals surface area contributed by atoms with E-state index in [4.69, 9.17) is 21.1 Å². The van der Waals surface area contributed by atoms with E-state index in [1.165, 1.54) is 12.1 Å². The Hall–Kier alpha value is -2.15. The first kappa shape index (κ1) is 24.0. The number of carbonyl (C=O) groups is 1. The summed E-state index contributed by atoms with van der Waals surface area (Å²) in [5.74, 6) is 0.756. The quantitative estimate of drug-likeness (QED) is 0.626. The van der Waals surface area contributed by atoms with E-state index < -0.39 is 0 Å². The smallest absolute Gasteiger partial charge is 0.254 e. The highest BCUT2D eigenvalue weighted by molar-refractivity contribution is 6.31. The topological polar surface area (TPSA) is 42.0 Å². The van der Waals surface area contributed by atoms with Gasteiger partial charge in [0.1, 0.15) is 18.2 Å². The molecule has 0 unspecified atom stereocenters. The minimum atomic E-state index is -0.326. The average Bonchev–Trinajstić information content (AvgIpc) is 2.82. The molecule has 4 bridgehead atoms. The van der Waals surface area contributed by atoms with Gasteiger partial charge in [-0.2, -0.15) is 0 Å². The van der Waals surface area contributed by atoms with E-state index in [1.807, 2.05) is 29.2 Å². The van der Waals surface area contributed by atoms with E-state index in [0.717, 1.165) is 44.3 Å². The predicted octanol–water partition coefficient (Wildman–Crippen LogP) is 5.02. The third kappa shape index (κ3) is 6.25. The lowest BCUT2D eigenvalue weighted by Gasteiger charge is -2.38. The van der Waals surface area contributed by atoms with Crippen molar-refractivity contribution in [2.45, 2.75) is 38.3 Å². The maximum Gasteiger partial charge on any atom is 0.254 e. The molecule has 2 aromatic rings. The van der Waals surface area contributed by atoms with E-state index in [0.29, 0.717) is 48.5 Å². The summed E-state index contributed by atoms with van der Waals surface area (Å²) in [7, 11) is 1.77. The first-order chi connectivity index (χ1) is 16.0. The van der Waals surface area contributed by atoms with Gasteiger partial charge in [-0.05, 0) is 61.7 Å². The van der Waals surface area contributed by atoms with Crippen molar-refractivity contribution >= 4 is 17.5 Å². The standard InChI is InChI=1S/C26H32ClFN2O3/c1-32-25-10-12-30-18-21(25)5-2-3-11-29(17-20-8-9-22(28)16-24(20)27)13-14-33-23-7-4-6-19(15-23)26(30)31/h4,6-9,15-16,21,25H,2-3,5,10-14,17-18H2,1H3/t21-,25+/m1/s1. The molecule has 5 nitrogen and oxygen atoms in total. The Labute approximate surface area is 200 Å². The Bertz CT molecular complexity index is 957. The molecule has 2 atom stereocenters. The van der Waals surface area contributed by atoms with Crippen LogP contribution in [0.2, 0.25) is 5.02 Å². The van der Waals surface area contributed by atoms with Gasteiger partial charge in [-0.3, -0.25) is 9.69 Å². The molecule has 2 aliphatic heterocycles. The number of carbonyl (C=O) groups excluding carboxylic acids is 1. The molecule has 0 radical (unpaired) electrons. The summed E-state index contributed by atoms with van der Waals surface area (Å²) in [5.41, 5.74) is 1.57. The Kier molecular flexibility index (Phi) is 8.23. The Balaban J connectivity index is 1.51. The van der Waals surface area contributed by atoms with Crippen LogP contribution in [0, 0.1) is 11.7 Å². The van der Waals surface area contributed by atoms with Crippen LogP contribution < -0.4 is 4.74 Å². The summed E-state index contributed by atoms with van der Waals surface area (Å²) in [5, 5.41) is 0.447. The van der Waals surface area contributed by atoms with Crippen LogP contribution in [0.15, 0.2) is 42.5 Å². The molecule has 4 rings (SSSR count). The fourth-order valence-electron chi connectivity index (χ4n) is 4.88. The second kappa shape index (κ2) is 11.3. The number of nitrogens with zero attached hydrogens (tertiary/aromatic N) is 2. The summed E-state index contributed by atoms with van der Waals surface area (Å²) >= 11 is 6.29. The van der Waals surface area contributed by atoms with E-state index in [-0.39, 0.29) is 17.8 Å². The van der Waals surface area contributed by atoms with Crippen LogP contribution in [-0.4, -0.2) is 61.7 Å². The van der Waals surface area contributed by atoms with Gasteiger partial charge >= 0.3 is 0 Å². The lowest BCUT2D eigenvalue weighted by atomic mass is 9.89. The van der Waals surface area contributed by atoms with Crippen molar-refractivity contribution in [2.24, 2.45) is 5.92 Å². The number of hydrogen-bond acceptors (Lipinski definition) is 4. The van der Waals surface area contributed by atoms with Crippen molar-refractivity contribution in [3.05, 3.63) is 64.4 Å². The maximum absolute atomic E-state index is 13.5. The molecule has 0 aromatic heterocycles. The second-order valence-corrected chi connectivity index (χ2v) is 9.37. The number of halogens is 2. The number of ether oxygens (including phenoxy) is 2. The highest BCUT2D eigenvalue weighted by Crippen LogP contribution is 2.27. The molecule has 1 fully saturated rings. The zero-order valence-electron chi connectivity index (χ0n) is 19.1. The van der Waals surface area contributed by atoms with Gasteiger partial charge < -0.3 is 14.4 Å². The average molecular weight is 475 g/mol. The number of benzene rings is 2. The number of fused-ring (bicyclic) bond motifs is 4. The first-order valence-electron chi connectivity index (χ1n) is 11.7. The van der Waals surface area contributed by atoms with E-state index in [9.17, 15) is 9.18 Å². The number of methoxy groups -OCH3 is 1. The molecular weight excluding hydrogens is 443 g/mol. The Morgan fingerprint density at radius 1 is 1.12 bits per heavy atom. The fraction of sp³-hybridized carbons (Fsp3) is 0.500. The lowest BCUT2D eigenvalue weighted by molar-refractivity contribution is -0.00676. The zero-order valence-corrected chi connectivity index (χ0v) is 19.9. The monoisotopic (exact) mass is 474 g/mol. The molecule has 0 spiro atoms. The highest BCUT2D eigenvalue weighted by Gasteiger charge is 2.31. The number of piperidine rings is 1. The van der Waals surface area contributed by atoms with Crippen LogP contribution in [0.3, 0.4) is 0 Å². The Morgan fingerprint density at radius 3 is 2.82 bits per heavy atom. The van der Waals surface area contributed by atoms with Gasteiger partial charge in [0.2, 0.25) is 0 Å². The van der Waals surface area contributed by atoms with Crippen LogP contribution in [0.1, 0.15) is 41.6 Å². The van der Waals surface area contributed by atoms with Gasteiger partial charge in [0.25, 0.3) is 5.91 Å². The van der Waals surface area contributed by atoms with Crippen molar-refractivity contribution in [3.8, 4) is 5.75 Å². The van der Waals surface area contributed by atoms with E-state index in [1.54, 1.807) is 13.2 Å². The number of amides is 1. The van der Waals surface area contributed by atoms with Crippen molar-refractivity contribution in [1.82, 2.24) is 9.80 Å². The van der Waals surface area contributed by atoms with Gasteiger partial charge in [-0.25, -0.2) is 4.39 Å². The van der Waals surface area contributed by atoms with E-state index in [2.05, 4.69) is 4.90 Å². The number of rotatable bonds is 3. The highest BCUT2D eigenvalue weighted by atomic mass is 35.5. The predicted molar refractivity (Wildman–Crippen MR) is 127 cm³/mol. The Morgan fingerprint density at radius 2 is 2.00 bits per heavy atom. The van der Waals surface area contributed by atoms with Crippen LogP contribution in [0.4, 0.5) is 4.39 Å². The molecule has 0 aliphatic carbocycles. The second-order valence-electron chi connectivity index (χ2n) is 8.96.